The number of rotatable bonds is 8. The minimum absolute atomic E-state index is 0.169. The summed E-state index contributed by atoms with van der Waals surface area (Å²) < 4.78 is 0. The van der Waals surface area contributed by atoms with Crippen LogP contribution in [-0.4, -0.2) is 0 Å². The van der Waals surface area contributed by atoms with Gasteiger partial charge in [-0.3, -0.25) is 0 Å². The average molecular weight is 389 g/mol. The van der Waals surface area contributed by atoms with Crippen molar-refractivity contribution >= 4 is 5.69 Å². The zero-order valence-electron chi connectivity index (χ0n) is 17.0. The van der Waals surface area contributed by atoms with Gasteiger partial charge in [0.25, 0.3) is 0 Å². The van der Waals surface area contributed by atoms with Crippen molar-refractivity contribution in [1.29, 1.82) is 0 Å². The van der Waals surface area contributed by atoms with Gasteiger partial charge in [-0.25, -0.2) is 0 Å². The molecule has 2 rings (SSSR count). The van der Waals surface area contributed by atoms with Crippen molar-refractivity contribution in [2.75, 3.05) is 0 Å². The lowest BCUT2D eigenvalue weighted by Crippen LogP contribution is -1.98. The van der Waals surface area contributed by atoms with Gasteiger partial charge < -0.3 is 0 Å². The fraction of sp³-hybridized carbons (Fsp3) is 0.400. The Morgan fingerprint density at radius 3 is 1.52 bits per heavy atom. The number of benzene rings is 2. The van der Waals surface area contributed by atoms with Crippen LogP contribution >= 0.6 is 0 Å². The summed E-state index contributed by atoms with van der Waals surface area (Å²) in [6.45, 7) is 8.65. The molecular weight excluding hydrogens is 366 g/mol. The lowest BCUT2D eigenvalue weighted by molar-refractivity contribution is 0.834. The maximum atomic E-state index is 9.04. The second kappa shape index (κ2) is 10.1. The van der Waals surface area contributed by atoms with E-state index >= 15 is 0 Å². The number of hydrogen-bond donors (Lipinski definition) is 0. The molecule has 0 aromatic heterocycles. The Bertz CT molecular complexity index is 969. The van der Waals surface area contributed by atoms with Crippen molar-refractivity contribution in [3.63, 3.8) is 0 Å². The van der Waals surface area contributed by atoms with Gasteiger partial charge in [0, 0.05) is 20.4 Å². The molecule has 0 atom stereocenters. The van der Waals surface area contributed by atoms with Gasteiger partial charge in [0.05, 0.1) is 13.1 Å². The summed E-state index contributed by atoms with van der Waals surface area (Å²) in [6.07, 6.45) is 0. The molecule has 148 valence electrons. The van der Waals surface area contributed by atoms with Crippen LogP contribution in [0.5, 0.6) is 0 Å². The number of azide groups is 3. The molecule has 0 aliphatic carbocycles. The van der Waals surface area contributed by atoms with Crippen LogP contribution in [0, 0.1) is 0 Å². The Morgan fingerprint density at radius 2 is 1.14 bits per heavy atom. The van der Waals surface area contributed by atoms with E-state index in [2.05, 4.69) is 57.8 Å². The maximum Gasteiger partial charge on any atom is 0.0511 e. The highest BCUT2D eigenvalue weighted by molar-refractivity contribution is 5.72. The normalized spacial score (nSPS) is 10.3. The fourth-order valence-electron chi connectivity index (χ4n) is 3.23. The molecule has 29 heavy (non-hydrogen) atoms. The van der Waals surface area contributed by atoms with Crippen LogP contribution in [0.1, 0.15) is 61.8 Å². The topological polar surface area (TPSA) is 146 Å². The largest absolute Gasteiger partial charge is 0.0893 e. The second-order valence-corrected chi connectivity index (χ2v) is 7.32. The van der Waals surface area contributed by atoms with Crippen molar-refractivity contribution in [3.8, 4) is 11.1 Å². The highest BCUT2D eigenvalue weighted by Gasteiger charge is 2.16. The van der Waals surface area contributed by atoms with Gasteiger partial charge >= 0.3 is 0 Å². The van der Waals surface area contributed by atoms with Gasteiger partial charge in [-0.1, -0.05) is 73.4 Å². The van der Waals surface area contributed by atoms with Gasteiger partial charge in [-0.15, -0.1) is 0 Å². The highest BCUT2D eigenvalue weighted by Crippen LogP contribution is 2.39. The molecular formula is C20H23N9. The van der Waals surface area contributed by atoms with Gasteiger partial charge in [0.15, 0.2) is 0 Å². The van der Waals surface area contributed by atoms with Crippen molar-refractivity contribution in [2.45, 2.75) is 52.6 Å². The average Bonchev–Trinajstić information content (AvgIpc) is 2.70. The van der Waals surface area contributed by atoms with E-state index < -0.39 is 0 Å². The lowest BCUT2D eigenvalue weighted by atomic mass is 9.88. The minimum atomic E-state index is 0.169. The quantitative estimate of drug-likeness (QED) is 0.243. The van der Waals surface area contributed by atoms with E-state index in [0.717, 1.165) is 33.4 Å². The summed E-state index contributed by atoms with van der Waals surface area (Å²) in [7, 11) is 0. The smallest absolute Gasteiger partial charge is 0.0511 e. The third-order valence-corrected chi connectivity index (χ3v) is 4.58. The first-order valence-corrected chi connectivity index (χ1v) is 9.29. The summed E-state index contributed by atoms with van der Waals surface area (Å²) in [5.74, 6) is 0.337. The predicted molar refractivity (Wildman–Crippen MR) is 115 cm³/mol. The molecule has 2 aromatic rings. The van der Waals surface area contributed by atoms with Gasteiger partial charge in [0.2, 0.25) is 0 Å². The molecule has 0 fully saturated rings. The monoisotopic (exact) mass is 389 g/mol. The molecule has 0 bridgehead atoms. The van der Waals surface area contributed by atoms with Crippen LogP contribution in [0.15, 0.2) is 45.7 Å². The number of hydrogen-bond acceptors (Lipinski definition) is 3. The molecule has 0 aliphatic heterocycles. The molecule has 0 spiro atoms. The minimum Gasteiger partial charge on any atom is -0.0893 e. The Labute approximate surface area is 169 Å². The first-order valence-electron chi connectivity index (χ1n) is 9.29. The van der Waals surface area contributed by atoms with Crippen LogP contribution < -0.4 is 0 Å². The molecule has 0 radical (unpaired) electrons. The third kappa shape index (κ3) is 5.43. The second-order valence-electron chi connectivity index (χ2n) is 7.32. The van der Waals surface area contributed by atoms with Crippen LogP contribution in [0.3, 0.4) is 0 Å². The Kier molecular flexibility index (Phi) is 7.52. The molecule has 2 aromatic carbocycles. The molecule has 0 heterocycles. The van der Waals surface area contributed by atoms with Crippen LogP contribution in [0.2, 0.25) is 0 Å². The molecule has 0 saturated heterocycles. The molecule has 0 N–H and O–H groups in total. The summed E-state index contributed by atoms with van der Waals surface area (Å²) in [5, 5.41) is 11.3. The molecule has 0 unspecified atom stereocenters. The summed E-state index contributed by atoms with van der Waals surface area (Å²) in [6, 6.07) is 9.86. The number of nitrogens with zero attached hydrogens (tertiary/aromatic N) is 9. The molecule has 0 amide bonds. The van der Waals surface area contributed by atoms with Crippen molar-refractivity contribution in [3.05, 3.63) is 83.9 Å². The van der Waals surface area contributed by atoms with Crippen molar-refractivity contribution in [2.24, 2.45) is 15.3 Å². The molecule has 9 nitrogen and oxygen atoms in total. The van der Waals surface area contributed by atoms with Gasteiger partial charge in [0.1, 0.15) is 0 Å². The standard InChI is InChI=1S/C20H23N9/c1-12(2)18-8-17(9-19(13(3)4)20(18)26-29-23)16-6-14(10-24-27-21)5-15(7-16)11-25-28-22/h5-9,12-13H,10-11H2,1-4H3. The maximum absolute atomic E-state index is 9.04. The SMILES string of the molecule is CC(C)c1cc(-c2cc(CN=[N+]=[N-])cc(CN=[N+]=[N-])c2)cc(C(C)C)c1N=[N+]=[N-]. The summed E-state index contributed by atoms with van der Waals surface area (Å²) in [5.41, 5.74) is 32.5. The van der Waals surface area contributed by atoms with E-state index in [1.807, 2.05) is 30.3 Å². The van der Waals surface area contributed by atoms with Crippen LogP contribution in [-0.2, 0) is 13.1 Å². The van der Waals surface area contributed by atoms with Crippen molar-refractivity contribution in [1.82, 2.24) is 0 Å². The zero-order chi connectivity index (χ0) is 21.4. The van der Waals surface area contributed by atoms with Gasteiger partial charge in [-0.05, 0) is 61.8 Å². The third-order valence-electron chi connectivity index (χ3n) is 4.58. The van der Waals surface area contributed by atoms with Crippen LogP contribution in [0.4, 0.5) is 5.69 Å². The zero-order valence-corrected chi connectivity index (χ0v) is 17.0. The summed E-state index contributed by atoms with van der Waals surface area (Å²) >= 11 is 0. The molecule has 0 aliphatic rings. The highest BCUT2D eigenvalue weighted by atomic mass is 15.1. The van der Waals surface area contributed by atoms with E-state index in [1.165, 1.54) is 0 Å². The van der Waals surface area contributed by atoms with E-state index in [0.29, 0.717) is 5.69 Å². The van der Waals surface area contributed by atoms with E-state index in [1.54, 1.807) is 0 Å². The first kappa shape index (κ1) is 21.7. The Balaban J connectivity index is 2.75. The Morgan fingerprint density at radius 1 is 0.690 bits per heavy atom. The summed E-state index contributed by atoms with van der Waals surface area (Å²) in [4.78, 5) is 8.68. The van der Waals surface area contributed by atoms with E-state index in [4.69, 9.17) is 16.6 Å². The van der Waals surface area contributed by atoms with Crippen LogP contribution in [0.25, 0.3) is 42.5 Å². The lowest BCUT2D eigenvalue weighted by Gasteiger charge is -2.19. The van der Waals surface area contributed by atoms with Crippen molar-refractivity contribution < 1.29 is 0 Å². The first-order chi connectivity index (χ1) is 13.9. The predicted octanol–water partition coefficient (Wildman–Crippen LogP) is 8.16. The van der Waals surface area contributed by atoms with Gasteiger partial charge in [-0.2, -0.15) is 0 Å². The molecule has 9 heteroatoms. The molecule has 0 saturated carbocycles. The van der Waals surface area contributed by atoms with E-state index in [-0.39, 0.29) is 24.9 Å². The fourth-order valence-corrected chi connectivity index (χ4v) is 3.23. The Hall–Kier alpha value is -3.63. The van der Waals surface area contributed by atoms with E-state index in [9.17, 15) is 0 Å².